The van der Waals surface area contributed by atoms with Crippen molar-refractivity contribution in [1.82, 2.24) is 19.8 Å². The summed E-state index contributed by atoms with van der Waals surface area (Å²) in [5.41, 5.74) is 1.80. The molecule has 0 atom stereocenters. The topological polar surface area (TPSA) is 81.7 Å². The average molecular weight is 493 g/mol. The number of nitrogens with zero attached hydrogens (tertiary/aromatic N) is 5. The highest BCUT2D eigenvalue weighted by Gasteiger charge is 2.23. The van der Waals surface area contributed by atoms with Crippen LogP contribution >= 0.6 is 11.3 Å². The minimum absolute atomic E-state index is 0.0520. The van der Waals surface area contributed by atoms with Crippen LogP contribution in [-0.4, -0.2) is 64.4 Å². The number of rotatable bonds is 9. The molecule has 0 saturated carbocycles. The van der Waals surface area contributed by atoms with Crippen LogP contribution in [0.4, 0.5) is 15.7 Å². The van der Waals surface area contributed by atoms with Gasteiger partial charge in [0.15, 0.2) is 5.13 Å². The monoisotopic (exact) mass is 492 g/mol. The van der Waals surface area contributed by atoms with E-state index in [2.05, 4.69) is 27.1 Å². The first kappa shape index (κ1) is 24.7. The second kappa shape index (κ2) is 12.3. The van der Waals surface area contributed by atoms with Gasteiger partial charge in [0.1, 0.15) is 5.82 Å². The fourth-order valence-electron chi connectivity index (χ4n) is 4.01. The van der Waals surface area contributed by atoms with Gasteiger partial charge in [0, 0.05) is 50.8 Å². The number of hydrogen-bond donors (Lipinski definition) is 1. The lowest BCUT2D eigenvalue weighted by molar-refractivity contribution is -0.131. The molecule has 1 N–H and O–H groups in total. The quantitative estimate of drug-likeness (QED) is 0.483. The van der Waals surface area contributed by atoms with Crippen LogP contribution in [0.3, 0.4) is 0 Å². The van der Waals surface area contributed by atoms with E-state index in [0.717, 1.165) is 43.9 Å². The Bertz CT molecular complexity index is 1080. The molecule has 0 bridgehead atoms. The summed E-state index contributed by atoms with van der Waals surface area (Å²) in [6.45, 7) is 6.14. The molecule has 8 nitrogen and oxygen atoms in total. The molecule has 0 aliphatic carbocycles. The van der Waals surface area contributed by atoms with Crippen LogP contribution in [0.25, 0.3) is 0 Å². The third-order valence-corrected chi connectivity index (χ3v) is 6.80. The first-order valence-corrected chi connectivity index (χ1v) is 13.0. The second-order valence-electron chi connectivity index (χ2n) is 8.57. The number of carbonyl (C=O) groups excluding carboxylic acids is 2. The fraction of sp³-hybridized carbons (Fsp3) is 0.385. The Morgan fingerprint density at radius 2 is 1.83 bits per heavy atom. The zero-order chi connectivity index (χ0) is 24.5. The molecule has 0 spiro atoms. The van der Waals surface area contributed by atoms with E-state index in [1.165, 1.54) is 11.3 Å². The average Bonchev–Trinajstić information content (AvgIpc) is 3.34. The molecule has 1 aliphatic rings. The van der Waals surface area contributed by atoms with Gasteiger partial charge in [0.25, 0.3) is 0 Å². The molecule has 1 fully saturated rings. The highest BCUT2D eigenvalue weighted by atomic mass is 32.1. The van der Waals surface area contributed by atoms with Gasteiger partial charge in [0.2, 0.25) is 5.91 Å². The van der Waals surface area contributed by atoms with Gasteiger partial charge in [-0.3, -0.25) is 10.1 Å². The summed E-state index contributed by atoms with van der Waals surface area (Å²) in [5, 5.41) is 5.27. The number of anilines is 2. The van der Waals surface area contributed by atoms with Crippen LogP contribution < -0.4 is 10.2 Å². The van der Waals surface area contributed by atoms with Gasteiger partial charge in [-0.05, 0) is 24.1 Å². The number of thiazole rings is 1. The number of hydrogen-bond acceptors (Lipinski definition) is 6. The Hall–Kier alpha value is -3.46. The van der Waals surface area contributed by atoms with Crippen molar-refractivity contribution in [2.75, 3.05) is 42.9 Å². The number of pyridine rings is 1. The highest BCUT2D eigenvalue weighted by Crippen LogP contribution is 2.19. The molecule has 3 heterocycles. The largest absolute Gasteiger partial charge is 0.353 e. The molecule has 0 unspecified atom stereocenters. The summed E-state index contributed by atoms with van der Waals surface area (Å²) < 4.78 is 0. The molecule has 4 rings (SSSR count). The van der Waals surface area contributed by atoms with Gasteiger partial charge in [-0.25, -0.2) is 14.8 Å². The molecular formula is C26H32N6O2S. The van der Waals surface area contributed by atoms with Gasteiger partial charge in [0.05, 0.1) is 12.1 Å². The van der Waals surface area contributed by atoms with E-state index < -0.39 is 0 Å². The summed E-state index contributed by atoms with van der Waals surface area (Å²) in [7, 11) is 0. The van der Waals surface area contributed by atoms with Crippen molar-refractivity contribution in [3.05, 3.63) is 71.4 Å². The van der Waals surface area contributed by atoms with Gasteiger partial charge < -0.3 is 14.7 Å². The Morgan fingerprint density at radius 3 is 2.54 bits per heavy atom. The lowest BCUT2D eigenvalue weighted by Gasteiger charge is -2.35. The Labute approximate surface area is 210 Å². The lowest BCUT2D eigenvalue weighted by Crippen LogP contribution is -2.50. The number of carbonyl (C=O) groups is 2. The van der Waals surface area contributed by atoms with Crippen molar-refractivity contribution in [3.8, 4) is 0 Å². The van der Waals surface area contributed by atoms with E-state index in [9.17, 15) is 9.59 Å². The first-order valence-electron chi connectivity index (χ1n) is 12.1. The highest BCUT2D eigenvalue weighted by molar-refractivity contribution is 7.13. The maximum atomic E-state index is 13.0. The second-order valence-corrected chi connectivity index (χ2v) is 9.43. The Balaban J connectivity index is 1.28. The minimum atomic E-state index is -0.161. The molecule has 35 heavy (non-hydrogen) atoms. The number of benzene rings is 1. The summed E-state index contributed by atoms with van der Waals surface area (Å²) >= 11 is 1.35. The first-order chi connectivity index (χ1) is 17.1. The van der Waals surface area contributed by atoms with Crippen LogP contribution in [0, 0.1) is 0 Å². The molecule has 3 aromatic rings. The summed E-state index contributed by atoms with van der Waals surface area (Å²) in [6.07, 6.45) is 4.00. The lowest BCUT2D eigenvalue weighted by atomic mass is 10.2. The van der Waals surface area contributed by atoms with Crippen LogP contribution in [0.1, 0.15) is 31.0 Å². The molecule has 184 valence electrons. The van der Waals surface area contributed by atoms with E-state index in [1.807, 2.05) is 58.8 Å². The predicted octanol–water partition coefficient (Wildman–Crippen LogP) is 4.26. The fourth-order valence-corrected chi connectivity index (χ4v) is 4.71. The molecule has 2 aromatic heterocycles. The van der Waals surface area contributed by atoms with Crippen molar-refractivity contribution in [2.24, 2.45) is 0 Å². The van der Waals surface area contributed by atoms with Crippen LogP contribution in [-0.2, 0) is 17.8 Å². The third kappa shape index (κ3) is 7.02. The van der Waals surface area contributed by atoms with Crippen molar-refractivity contribution < 1.29 is 9.59 Å². The number of piperazine rings is 1. The minimum Gasteiger partial charge on any atom is -0.353 e. The molecular weight excluding hydrogens is 460 g/mol. The normalized spacial score (nSPS) is 13.5. The van der Waals surface area contributed by atoms with Crippen molar-refractivity contribution in [2.45, 2.75) is 32.7 Å². The molecule has 3 amide bonds. The van der Waals surface area contributed by atoms with E-state index in [4.69, 9.17) is 0 Å². The maximum absolute atomic E-state index is 13.0. The van der Waals surface area contributed by atoms with Crippen LogP contribution in [0.5, 0.6) is 0 Å². The zero-order valence-corrected chi connectivity index (χ0v) is 20.9. The Morgan fingerprint density at radius 1 is 1.06 bits per heavy atom. The van der Waals surface area contributed by atoms with E-state index in [0.29, 0.717) is 30.5 Å². The van der Waals surface area contributed by atoms with E-state index in [1.54, 1.807) is 11.1 Å². The van der Waals surface area contributed by atoms with Gasteiger partial charge in [-0.2, -0.15) is 0 Å². The van der Waals surface area contributed by atoms with E-state index >= 15 is 0 Å². The summed E-state index contributed by atoms with van der Waals surface area (Å²) in [6, 6.07) is 15.7. The number of nitrogens with one attached hydrogen (secondary N) is 1. The van der Waals surface area contributed by atoms with Crippen LogP contribution in [0.2, 0.25) is 0 Å². The Kier molecular flexibility index (Phi) is 8.67. The van der Waals surface area contributed by atoms with Crippen LogP contribution in [0.15, 0.2) is 60.1 Å². The summed E-state index contributed by atoms with van der Waals surface area (Å²) in [4.78, 5) is 40.5. The van der Waals surface area contributed by atoms with Gasteiger partial charge >= 0.3 is 6.03 Å². The number of amides is 3. The van der Waals surface area contributed by atoms with Crippen molar-refractivity contribution >= 4 is 34.2 Å². The number of urea groups is 1. The van der Waals surface area contributed by atoms with E-state index in [-0.39, 0.29) is 18.4 Å². The zero-order valence-electron chi connectivity index (χ0n) is 20.1. The number of unbranched alkanes of at least 4 members (excludes halogenated alkanes) is 1. The van der Waals surface area contributed by atoms with Crippen molar-refractivity contribution in [1.29, 1.82) is 0 Å². The molecule has 0 radical (unpaired) electrons. The van der Waals surface area contributed by atoms with Crippen molar-refractivity contribution in [3.63, 3.8) is 0 Å². The maximum Gasteiger partial charge on any atom is 0.323 e. The molecule has 1 saturated heterocycles. The molecule has 1 aliphatic heterocycles. The van der Waals surface area contributed by atoms with Gasteiger partial charge in [-0.15, -0.1) is 11.3 Å². The molecule has 9 heteroatoms. The standard InChI is InChI=1S/C26H32N6O2S/c1-2-3-13-32(19-21-9-5-4-6-10-21)24(33)18-22-20-35-25(28-22)29-26(34)31-16-14-30(15-17-31)23-11-7-8-12-27-23/h4-12,20H,2-3,13-19H2,1H3,(H,28,29,34). The van der Waals surface area contributed by atoms with Gasteiger partial charge in [-0.1, -0.05) is 49.7 Å². The number of aromatic nitrogens is 2. The predicted molar refractivity (Wildman–Crippen MR) is 140 cm³/mol. The smallest absolute Gasteiger partial charge is 0.323 e. The third-order valence-electron chi connectivity index (χ3n) is 5.99. The summed E-state index contributed by atoms with van der Waals surface area (Å²) in [5.74, 6) is 0.984. The SMILES string of the molecule is CCCCN(Cc1ccccc1)C(=O)Cc1csc(NC(=O)N2CCN(c3ccccn3)CC2)n1. The molecule has 1 aromatic carbocycles.